The van der Waals surface area contributed by atoms with Gasteiger partial charge in [0.1, 0.15) is 0 Å². The molecular weight excluding hydrogens is 301 g/mol. The molecule has 0 atom stereocenters. The van der Waals surface area contributed by atoms with E-state index in [1.165, 1.54) is 22.6 Å². The molecule has 0 fully saturated rings. The molecule has 0 radical (unpaired) electrons. The van der Waals surface area contributed by atoms with Gasteiger partial charge in [-0.15, -0.1) is 0 Å². The summed E-state index contributed by atoms with van der Waals surface area (Å²) in [6, 6.07) is 0. The summed E-state index contributed by atoms with van der Waals surface area (Å²) in [5.74, 6) is -3.18. The van der Waals surface area contributed by atoms with Crippen molar-refractivity contribution in [2.75, 3.05) is 4.43 Å². The van der Waals surface area contributed by atoms with Crippen LogP contribution in [0.5, 0.6) is 0 Å². The molecule has 0 nitrogen and oxygen atoms in total. The quantitative estimate of drug-likeness (QED) is 0.416. The standard InChI is InChI=1S/C5H5F6I/c6-4(7,8)3(1-2-12)5(9,10)11/h3H,1-2H2. The first-order valence-corrected chi connectivity index (χ1v) is 4.41. The van der Waals surface area contributed by atoms with E-state index in [0.717, 1.165) is 0 Å². The first kappa shape index (κ1) is 12.3. The number of rotatable bonds is 2. The van der Waals surface area contributed by atoms with E-state index >= 15 is 0 Å². The lowest BCUT2D eigenvalue weighted by Crippen LogP contribution is -2.36. The van der Waals surface area contributed by atoms with Gasteiger partial charge < -0.3 is 0 Å². The molecule has 7 heteroatoms. The molecule has 0 aromatic carbocycles. The van der Waals surface area contributed by atoms with Crippen LogP contribution in [0.2, 0.25) is 0 Å². The Bertz CT molecular complexity index is 122. The lowest BCUT2D eigenvalue weighted by Gasteiger charge is -2.21. The van der Waals surface area contributed by atoms with Crippen molar-refractivity contribution in [1.29, 1.82) is 0 Å². The van der Waals surface area contributed by atoms with E-state index in [1.807, 2.05) is 0 Å². The Labute approximate surface area is 78.5 Å². The Kier molecular flexibility index (Phi) is 4.12. The Morgan fingerprint density at radius 2 is 1.25 bits per heavy atom. The van der Waals surface area contributed by atoms with Crippen LogP contribution in [0.1, 0.15) is 6.42 Å². The van der Waals surface area contributed by atoms with Crippen LogP contribution in [0.15, 0.2) is 0 Å². The Hall–Kier alpha value is 0.310. The van der Waals surface area contributed by atoms with E-state index in [1.54, 1.807) is 0 Å². The monoisotopic (exact) mass is 306 g/mol. The SMILES string of the molecule is FC(F)(F)C(CCI)C(F)(F)F. The van der Waals surface area contributed by atoms with Crippen LogP contribution < -0.4 is 0 Å². The third-order valence-corrected chi connectivity index (χ3v) is 1.81. The molecule has 0 aliphatic heterocycles. The first-order chi connectivity index (χ1) is 5.19. The molecule has 0 unspecified atom stereocenters. The van der Waals surface area contributed by atoms with E-state index in [0.29, 0.717) is 0 Å². The van der Waals surface area contributed by atoms with E-state index in [-0.39, 0.29) is 4.43 Å². The second-order valence-corrected chi connectivity index (χ2v) is 3.19. The summed E-state index contributed by atoms with van der Waals surface area (Å²) in [6.07, 6.45) is -11.3. The molecule has 0 saturated carbocycles. The van der Waals surface area contributed by atoms with Crippen molar-refractivity contribution in [1.82, 2.24) is 0 Å². The van der Waals surface area contributed by atoms with E-state index in [4.69, 9.17) is 0 Å². The molecule has 0 aliphatic carbocycles. The van der Waals surface area contributed by atoms with Gasteiger partial charge in [0.25, 0.3) is 0 Å². The second kappa shape index (κ2) is 4.01. The van der Waals surface area contributed by atoms with Crippen molar-refractivity contribution >= 4 is 22.6 Å². The van der Waals surface area contributed by atoms with Crippen LogP contribution in [-0.2, 0) is 0 Å². The van der Waals surface area contributed by atoms with Crippen molar-refractivity contribution in [3.63, 3.8) is 0 Å². The van der Waals surface area contributed by atoms with Crippen molar-refractivity contribution < 1.29 is 26.3 Å². The van der Waals surface area contributed by atoms with Crippen LogP contribution in [0.4, 0.5) is 26.3 Å². The molecule has 0 aromatic heterocycles. The van der Waals surface area contributed by atoms with Gasteiger partial charge >= 0.3 is 12.4 Å². The second-order valence-electron chi connectivity index (χ2n) is 2.11. The summed E-state index contributed by atoms with van der Waals surface area (Å²) in [7, 11) is 0. The first-order valence-electron chi connectivity index (χ1n) is 2.89. The van der Waals surface area contributed by atoms with Gasteiger partial charge in [0, 0.05) is 4.43 Å². The minimum absolute atomic E-state index is 0.165. The van der Waals surface area contributed by atoms with Crippen LogP contribution in [0.3, 0.4) is 0 Å². The normalized spacial score (nSPS) is 14.0. The van der Waals surface area contributed by atoms with Gasteiger partial charge in [-0.3, -0.25) is 0 Å². The van der Waals surface area contributed by atoms with Crippen molar-refractivity contribution in [3.8, 4) is 0 Å². The highest BCUT2D eigenvalue weighted by Crippen LogP contribution is 2.41. The number of halogens is 7. The number of hydrogen-bond acceptors (Lipinski definition) is 0. The lowest BCUT2D eigenvalue weighted by molar-refractivity contribution is -0.284. The smallest absolute Gasteiger partial charge is 0.170 e. The zero-order valence-corrected chi connectivity index (χ0v) is 7.79. The number of alkyl halides is 7. The Morgan fingerprint density at radius 1 is 0.917 bits per heavy atom. The molecule has 0 bridgehead atoms. The highest BCUT2D eigenvalue weighted by molar-refractivity contribution is 14.1. The Morgan fingerprint density at radius 3 is 1.33 bits per heavy atom. The van der Waals surface area contributed by atoms with Gasteiger partial charge in [-0.05, 0) is 6.42 Å². The minimum atomic E-state index is -5.18. The van der Waals surface area contributed by atoms with Gasteiger partial charge in [-0.25, -0.2) is 0 Å². The van der Waals surface area contributed by atoms with Crippen LogP contribution in [0.25, 0.3) is 0 Å². The summed E-state index contributed by atoms with van der Waals surface area (Å²) < 4.78 is 69.9. The summed E-state index contributed by atoms with van der Waals surface area (Å²) in [4.78, 5) is 0. The topological polar surface area (TPSA) is 0 Å². The molecule has 0 aromatic rings. The van der Waals surface area contributed by atoms with Crippen molar-refractivity contribution in [2.24, 2.45) is 5.92 Å². The van der Waals surface area contributed by atoms with Gasteiger partial charge in [-0.1, -0.05) is 22.6 Å². The molecular formula is C5H5F6I. The molecule has 0 heterocycles. The lowest BCUT2D eigenvalue weighted by atomic mass is 10.1. The summed E-state index contributed by atoms with van der Waals surface area (Å²) in [6.45, 7) is 0. The molecule has 0 aliphatic rings. The summed E-state index contributed by atoms with van der Waals surface area (Å²) in [5.41, 5.74) is 0. The summed E-state index contributed by atoms with van der Waals surface area (Å²) in [5, 5.41) is 0. The van der Waals surface area contributed by atoms with Gasteiger partial charge in [-0.2, -0.15) is 26.3 Å². The predicted octanol–water partition coefficient (Wildman–Crippen LogP) is 3.55. The average Bonchev–Trinajstić information content (AvgIpc) is 1.77. The molecule has 0 N–H and O–H groups in total. The molecule has 74 valence electrons. The largest absolute Gasteiger partial charge is 0.400 e. The molecule has 0 amide bonds. The van der Waals surface area contributed by atoms with Gasteiger partial charge in [0.05, 0.1) is 0 Å². The van der Waals surface area contributed by atoms with Crippen LogP contribution in [0, 0.1) is 5.92 Å². The Balaban J connectivity index is 4.45. The fourth-order valence-corrected chi connectivity index (χ4v) is 1.24. The molecule has 0 spiro atoms. The van der Waals surface area contributed by atoms with Crippen molar-refractivity contribution in [2.45, 2.75) is 18.8 Å². The highest BCUT2D eigenvalue weighted by atomic mass is 127. The maximum absolute atomic E-state index is 11.7. The third kappa shape index (κ3) is 3.81. The summed E-state index contributed by atoms with van der Waals surface area (Å²) >= 11 is 1.48. The average molecular weight is 306 g/mol. The maximum atomic E-state index is 11.7. The zero-order chi connectivity index (χ0) is 9.99. The third-order valence-electron chi connectivity index (χ3n) is 1.19. The van der Waals surface area contributed by atoms with Gasteiger partial charge in [0.15, 0.2) is 5.92 Å². The molecule has 12 heavy (non-hydrogen) atoms. The maximum Gasteiger partial charge on any atom is 0.400 e. The fourth-order valence-electron chi connectivity index (χ4n) is 0.622. The van der Waals surface area contributed by atoms with Crippen molar-refractivity contribution in [3.05, 3.63) is 0 Å². The molecule has 0 saturated heterocycles. The number of hydrogen-bond donors (Lipinski definition) is 0. The van der Waals surface area contributed by atoms with Crippen LogP contribution in [-0.4, -0.2) is 16.8 Å². The minimum Gasteiger partial charge on any atom is -0.170 e. The van der Waals surface area contributed by atoms with Gasteiger partial charge in [0.2, 0.25) is 0 Å². The van der Waals surface area contributed by atoms with E-state index in [2.05, 4.69) is 0 Å². The zero-order valence-electron chi connectivity index (χ0n) is 5.64. The molecule has 0 rings (SSSR count). The fraction of sp³-hybridized carbons (Fsp3) is 1.00. The van der Waals surface area contributed by atoms with E-state index in [9.17, 15) is 26.3 Å². The van der Waals surface area contributed by atoms with Crippen LogP contribution >= 0.6 is 22.6 Å². The van der Waals surface area contributed by atoms with E-state index < -0.39 is 24.7 Å². The predicted molar refractivity (Wildman–Crippen MR) is 39.1 cm³/mol. The highest BCUT2D eigenvalue weighted by Gasteiger charge is 2.55.